The molecule has 1 saturated heterocycles. The molecule has 2 N–H and O–H groups in total. The van der Waals surface area contributed by atoms with Gasteiger partial charge in [-0.25, -0.2) is 0 Å². The summed E-state index contributed by atoms with van der Waals surface area (Å²) in [6.07, 6.45) is 0. The Kier molecular flexibility index (Phi) is 9.61. The molecule has 1 aromatic rings. The minimum Gasteiger partial charge on any atom is -0.356 e. The summed E-state index contributed by atoms with van der Waals surface area (Å²) in [7, 11) is 6.22. The molecule has 0 saturated carbocycles. The Hall–Kier alpha value is -0.860. The molecular weight excluding hydrogens is 413 g/mol. The second-order valence-electron chi connectivity index (χ2n) is 6.54. The second kappa shape index (κ2) is 10.9. The van der Waals surface area contributed by atoms with Gasteiger partial charge in [-0.1, -0.05) is 37.3 Å². The van der Waals surface area contributed by atoms with Crippen LogP contribution in [-0.2, 0) is 0 Å². The van der Waals surface area contributed by atoms with E-state index in [4.69, 9.17) is 0 Å². The quantitative estimate of drug-likeness (QED) is 0.413. The molecule has 1 aliphatic heterocycles. The number of guanidine groups is 1. The summed E-state index contributed by atoms with van der Waals surface area (Å²) in [5.41, 5.74) is 1.35. The van der Waals surface area contributed by atoms with Crippen molar-refractivity contribution in [3.05, 3.63) is 35.9 Å². The fourth-order valence-electron chi connectivity index (χ4n) is 2.91. The van der Waals surface area contributed by atoms with Crippen LogP contribution in [0.1, 0.15) is 18.4 Å². The van der Waals surface area contributed by atoms with Crippen molar-refractivity contribution in [3.8, 4) is 0 Å². The molecule has 0 radical (unpaired) electrons. The van der Waals surface area contributed by atoms with E-state index in [-0.39, 0.29) is 24.0 Å². The van der Waals surface area contributed by atoms with Crippen molar-refractivity contribution < 1.29 is 0 Å². The van der Waals surface area contributed by atoms with Gasteiger partial charge in [-0.15, -0.1) is 24.0 Å². The van der Waals surface area contributed by atoms with Crippen LogP contribution in [0.4, 0.5) is 0 Å². The zero-order chi connectivity index (χ0) is 16.7. The molecule has 1 aliphatic rings. The number of likely N-dealkylation sites (N-methyl/N-ethyl adjacent to an activating group) is 2. The van der Waals surface area contributed by atoms with Crippen LogP contribution >= 0.6 is 24.0 Å². The minimum absolute atomic E-state index is 0. The number of halogens is 1. The number of benzene rings is 1. The first-order valence-corrected chi connectivity index (χ1v) is 8.48. The lowest BCUT2D eigenvalue weighted by atomic mass is 10.0. The van der Waals surface area contributed by atoms with Gasteiger partial charge >= 0.3 is 0 Å². The molecule has 0 aliphatic carbocycles. The van der Waals surface area contributed by atoms with Gasteiger partial charge in [0, 0.05) is 45.8 Å². The summed E-state index contributed by atoms with van der Waals surface area (Å²) in [4.78, 5) is 9.16. The molecular formula is C18H32IN5. The van der Waals surface area contributed by atoms with Gasteiger partial charge in [0.2, 0.25) is 0 Å². The number of aliphatic imine (C=N–C) groups is 1. The lowest BCUT2D eigenvalue weighted by Crippen LogP contribution is -2.55. The third kappa shape index (κ3) is 6.57. The van der Waals surface area contributed by atoms with Gasteiger partial charge in [0.15, 0.2) is 5.96 Å². The van der Waals surface area contributed by atoms with Crippen molar-refractivity contribution >= 4 is 29.9 Å². The van der Waals surface area contributed by atoms with Crippen molar-refractivity contribution in [2.45, 2.75) is 18.9 Å². The second-order valence-corrected chi connectivity index (χ2v) is 6.54. The topological polar surface area (TPSA) is 42.9 Å². The highest BCUT2D eigenvalue weighted by molar-refractivity contribution is 14.0. The monoisotopic (exact) mass is 445 g/mol. The predicted octanol–water partition coefficient (Wildman–Crippen LogP) is 1.82. The molecule has 1 heterocycles. The van der Waals surface area contributed by atoms with Gasteiger partial charge in [-0.05, 0) is 25.6 Å². The van der Waals surface area contributed by atoms with Gasteiger partial charge in [0.05, 0.1) is 0 Å². The Labute approximate surface area is 163 Å². The molecule has 24 heavy (non-hydrogen) atoms. The van der Waals surface area contributed by atoms with Gasteiger partial charge in [-0.3, -0.25) is 9.89 Å². The molecule has 136 valence electrons. The Balaban J connectivity index is 0.00000288. The predicted molar refractivity (Wildman–Crippen MR) is 114 cm³/mol. The van der Waals surface area contributed by atoms with E-state index in [1.54, 1.807) is 0 Å². The summed E-state index contributed by atoms with van der Waals surface area (Å²) in [6.45, 7) is 7.40. The summed E-state index contributed by atoms with van der Waals surface area (Å²) in [5.74, 6) is 1.34. The van der Waals surface area contributed by atoms with E-state index >= 15 is 0 Å². The van der Waals surface area contributed by atoms with Crippen LogP contribution in [0.5, 0.6) is 0 Å². The molecule has 2 unspecified atom stereocenters. The maximum atomic E-state index is 4.34. The smallest absolute Gasteiger partial charge is 0.191 e. The third-order valence-electron chi connectivity index (χ3n) is 4.65. The summed E-state index contributed by atoms with van der Waals surface area (Å²) >= 11 is 0. The molecule has 2 atom stereocenters. The first kappa shape index (κ1) is 21.2. The van der Waals surface area contributed by atoms with Crippen LogP contribution in [0, 0.1) is 0 Å². The van der Waals surface area contributed by atoms with Gasteiger partial charge in [-0.2, -0.15) is 0 Å². The number of nitrogens with one attached hydrogen (secondary N) is 2. The maximum Gasteiger partial charge on any atom is 0.191 e. The fraction of sp³-hybridized carbons (Fsp3) is 0.611. The molecule has 5 nitrogen and oxygen atoms in total. The first-order chi connectivity index (χ1) is 11.1. The number of rotatable bonds is 5. The number of nitrogens with zero attached hydrogens (tertiary/aromatic N) is 3. The summed E-state index contributed by atoms with van der Waals surface area (Å²) in [5, 5.41) is 6.91. The number of hydrogen-bond acceptors (Lipinski definition) is 3. The average molecular weight is 445 g/mol. The van der Waals surface area contributed by atoms with Crippen molar-refractivity contribution in [3.63, 3.8) is 0 Å². The maximum absolute atomic E-state index is 4.34. The van der Waals surface area contributed by atoms with Crippen LogP contribution in [0.25, 0.3) is 0 Å². The van der Waals surface area contributed by atoms with Gasteiger partial charge in [0.1, 0.15) is 0 Å². The van der Waals surface area contributed by atoms with Crippen LogP contribution in [0.15, 0.2) is 35.3 Å². The zero-order valence-corrected chi connectivity index (χ0v) is 17.7. The zero-order valence-electron chi connectivity index (χ0n) is 15.3. The molecule has 1 aromatic carbocycles. The van der Waals surface area contributed by atoms with Crippen LogP contribution in [-0.4, -0.2) is 75.7 Å². The van der Waals surface area contributed by atoms with E-state index < -0.39 is 0 Å². The number of hydrogen-bond donors (Lipinski definition) is 2. The minimum atomic E-state index is 0. The molecule has 0 spiro atoms. The highest BCUT2D eigenvalue weighted by Gasteiger charge is 2.22. The van der Waals surface area contributed by atoms with E-state index in [1.165, 1.54) is 5.56 Å². The molecule has 0 bridgehead atoms. The lowest BCUT2D eigenvalue weighted by Gasteiger charge is -2.38. The standard InChI is InChI=1S/C18H31N5.HI/c1-15(16-8-6-5-7-9-16)12-20-18(19-2)21-13-17-14-22(3)10-11-23(17)4;/h5-9,15,17H,10-14H2,1-4H3,(H2,19,20,21);1H. The van der Waals surface area contributed by atoms with Gasteiger partial charge in [0.25, 0.3) is 0 Å². The van der Waals surface area contributed by atoms with Crippen LogP contribution in [0.2, 0.25) is 0 Å². The van der Waals surface area contributed by atoms with Crippen LogP contribution < -0.4 is 10.6 Å². The molecule has 6 heteroatoms. The largest absolute Gasteiger partial charge is 0.356 e. The van der Waals surface area contributed by atoms with Crippen LogP contribution in [0.3, 0.4) is 0 Å². The van der Waals surface area contributed by atoms with E-state index in [0.29, 0.717) is 12.0 Å². The lowest BCUT2D eigenvalue weighted by molar-refractivity contribution is 0.116. The Bertz CT molecular complexity index is 493. The third-order valence-corrected chi connectivity index (χ3v) is 4.65. The molecule has 0 aromatic heterocycles. The van der Waals surface area contributed by atoms with Crippen molar-refractivity contribution in [2.24, 2.45) is 4.99 Å². The molecule has 2 rings (SSSR count). The molecule has 0 amide bonds. The van der Waals surface area contributed by atoms with Crippen molar-refractivity contribution in [1.82, 2.24) is 20.4 Å². The van der Waals surface area contributed by atoms with E-state index in [1.807, 2.05) is 7.05 Å². The summed E-state index contributed by atoms with van der Waals surface area (Å²) in [6, 6.07) is 11.1. The first-order valence-electron chi connectivity index (χ1n) is 8.48. The SMILES string of the molecule is CN=C(NCC(C)c1ccccc1)NCC1CN(C)CCN1C.I. The van der Waals surface area contributed by atoms with E-state index in [2.05, 4.69) is 76.8 Å². The average Bonchev–Trinajstić information content (AvgIpc) is 2.58. The Morgan fingerprint density at radius 1 is 1.21 bits per heavy atom. The molecule has 1 fully saturated rings. The van der Waals surface area contributed by atoms with E-state index in [9.17, 15) is 0 Å². The fourth-order valence-corrected chi connectivity index (χ4v) is 2.91. The Morgan fingerprint density at radius 3 is 2.58 bits per heavy atom. The normalized spacial score (nSPS) is 21.0. The summed E-state index contributed by atoms with van der Waals surface area (Å²) < 4.78 is 0. The highest BCUT2D eigenvalue weighted by Crippen LogP contribution is 2.12. The van der Waals surface area contributed by atoms with Gasteiger partial charge < -0.3 is 15.5 Å². The highest BCUT2D eigenvalue weighted by atomic mass is 127. The Morgan fingerprint density at radius 2 is 1.92 bits per heavy atom. The van der Waals surface area contributed by atoms with E-state index in [0.717, 1.165) is 38.7 Å². The van der Waals surface area contributed by atoms with Crippen molar-refractivity contribution in [1.29, 1.82) is 0 Å². The van der Waals surface area contributed by atoms with Crippen molar-refractivity contribution in [2.75, 3.05) is 53.9 Å². The number of piperazine rings is 1.